The van der Waals surface area contributed by atoms with E-state index in [1.165, 1.54) is 22.3 Å². The van der Waals surface area contributed by atoms with Crippen LogP contribution in [0.25, 0.3) is 0 Å². The van der Waals surface area contributed by atoms with Crippen molar-refractivity contribution < 1.29 is 20.4 Å². The highest BCUT2D eigenvalue weighted by Gasteiger charge is 2.32. The zero-order valence-corrected chi connectivity index (χ0v) is 31.2. The molecule has 1 aliphatic rings. The molecule has 0 aliphatic heterocycles. The highest BCUT2D eigenvalue weighted by molar-refractivity contribution is 5.58. The molecule has 4 nitrogen and oxygen atoms in total. The van der Waals surface area contributed by atoms with E-state index in [4.69, 9.17) is 0 Å². The van der Waals surface area contributed by atoms with Gasteiger partial charge in [-0.2, -0.15) is 0 Å². The predicted molar refractivity (Wildman–Crippen MR) is 198 cm³/mol. The second-order valence-electron chi connectivity index (χ2n) is 18.3. The van der Waals surface area contributed by atoms with Gasteiger partial charge in [-0.15, -0.1) is 0 Å². The Morgan fingerprint density at radius 1 is 0.292 bits per heavy atom. The number of benzene rings is 4. The van der Waals surface area contributed by atoms with Gasteiger partial charge < -0.3 is 20.4 Å². The van der Waals surface area contributed by atoms with Gasteiger partial charge in [0.1, 0.15) is 23.0 Å². The van der Waals surface area contributed by atoms with Crippen molar-refractivity contribution in [2.24, 2.45) is 0 Å². The second kappa shape index (κ2) is 11.9. The molecule has 0 saturated carbocycles. The first kappa shape index (κ1) is 35.4. The molecule has 0 unspecified atom stereocenters. The molecular formula is C44H56O4. The van der Waals surface area contributed by atoms with Gasteiger partial charge in [-0.1, -0.05) is 83.1 Å². The standard InChI is InChI=1S/C44H56O4/c1-41(2,3)37-25-13-27-19-34(46)21-29(38(27)42(4,5)6)15-31-23-36(48)24-32(40(31)44(10,11)12)16-30-22-35(47)20-28(39(30)43(7,8)9)14-26(37)18-33(45)17-25/h17-24,45-48H,13-16H2,1-12H3. The molecule has 5 rings (SSSR count). The van der Waals surface area contributed by atoms with Gasteiger partial charge in [0.05, 0.1) is 0 Å². The fourth-order valence-electron chi connectivity index (χ4n) is 8.79. The summed E-state index contributed by atoms with van der Waals surface area (Å²) >= 11 is 0. The SMILES string of the molecule is CC(C)(C)c1c2cc(O)cc1Cc1cc(O)cc(c1C(C)(C)C)Cc1cc(O)cc(c1C(C)(C)C)Cc1cc(O)cc(c1C(C)(C)C)C2. The zero-order chi connectivity index (χ0) is 35.7. The Morgan fingerprint density at radius 2 is 0.417 bits per heavy atom. The van der Waals surface area contributed by atoms with Gasteiger partial charge in [-0.25, -0.2) is 0 Å². The Labute approximate surface area is 288 Å². The minimum absolute atomic E-state index is 0.213. The van der Waals surface area contributed by atoms with Crippen molar-refractivity contribution in [1.82, 2.24) is 0 Å². The number of hydrogen-bond donors (Lipinski definition) is 4. The third-order valence-electron chi connectivity index (χ3n) is 9.67. The lowest BCUT2D eigenvalue weighted by molar-refractivity contribution is 0.470. The Hall–Kier alpha value is -3.92. The molecule has 8 bridgehead atoms. The first-order valence-electron chi connectivity index (χ1n) is 17.3. The number of hydrogen-bond acceptors (Lipinski definition) is 4. The number of phenols is 4. The van der Waals surface area contributed by atoms with Crippen molar-refractivity contribution in [2.45, 2.75) is 130 Å². The zero-order valence-electron chi connectivity index (χ0n) is 31.2. The summed E-state index contributed by atoms with van der Waals surface area (Å²) < 4.78 is 0. The molecule has 0 radical (unpaired) electrons. The molecule has 4 N–H and O–H groups in total. The Balaban J connectivity index is 1.98. The van der Waals surface area contributed by atoms with Crippen molar-refractivity contribution in [3.63, 3.8) is 0 Å². The maximum absolute atomic E-state index is 11.3. The quantitative estimate of drug-likeness (QED) is 0.135. The van der Waals surface area contributed by atoms with E-state index < -0.39 is 0 Å². The molecule has 4 heteroatoms. The molecule has 0 saturated heterocycles. The van der Waals surface area contributed by atoms with Crippen molar-refractivity contribution in [3.05, 3.63) is 115 Å². The molecule has 0 amide bonds. The van der Waals surface area contributed by atoms with Crippen molar-refractivity contribution in [1.29, 1.82) is 0 Å². The molecule has 1 aliphatic carbocycles. The molecule has 4 aromatic rings. The van der Waals surface area contributed by atoms with Gasteiger partial charge in [-0.3, -0.25) is 0 Å². The third-order valence-corrected chi connectivity index (χ3v) is 9.67. The van der Waals surface area contributed by atoms with Crippen LogP contribution < -0.4 is 0 Å². The van der Waals surface area contributed by atoms with Crippen LogP contribution in [0.2, 0.25) is 0 Å². The van der Waals surface area contributed by atoms with Crippen LogP contribution in [0.5, 0.6) is 23.0 Å². The van der Waals surface area contributed by atoms with Crippen LogP contribution in [0.4, 0.5) is 0 Å². The maximum Gasteiger partial charge on any atom is 0.116 e. The van der Waals surface area contributed by atoms with Crippen LogP contribution in [0.1, 0.15) is 150 Å². The molecule has 0 spiro atoms. The summed E-state index contributed by atoms with van der Waals surface area (Å²) in [7, 11) is 0. The predicted octanol–water partition coefficient (Wildman–Crippen LogP) is 10.4. The van der Waals surface area contributed by atoms with Crippen LogP contribution in [-0.4, -0.2) is 20.4 Å². The van der Waals surface area contributed by atoms with E-state index in [1.54, 1.807) is 0 Å². The van der Waals surface area contributed by atoms with Crippen LogP contribution >= 0.6 is 0 Å². The van der Waals surface area contributed by atoms with Crippen molar-refractivity contribution >= 4 is 0 Å². The first-order valence-corrected chi connectivity index (χ1v) is 17.3. The monoisotopic (exact) mass is 648 g/mol. The lowest BCUT2D eigenvalue weighted by Crippen LogP contribution is -2.23. The summed E-state index contributed by atoms with van der Waals surface area (Å²) in [4.78, 5) is 0. The van der Waals surface area contributed by atoms with Gasteiger partial charge in [0.25, 0.3) is 0 Å². The van der Waals surface area contributed by atoms with E-state index in [2.05, 4.69) is 83.1 Å². The Bertz CT molecular complexity index is 1510. The lowest BCUT2D eigenvalue weighted by Gasteiger charge is -2.33. The van der Waals surface area contributed by atoms with E-state index in [0.717, 1.165) is 44.5 Å². The molecular weight excluding hydrogens is 592 g/mol. The Kier molecular flexibility index (Phi) is 8.77. The second-order valence-corrected chi connectivity index (χ2v) is 18.3. The van der Waals surface area contributed by atoms with Crippen LogP contribution in [0.15, 0.2) is 48.5 Å². The van der Waals surface area contributed by atoms with E-state index in [1.807, 2.05) is 48.5 Å². The molecule has 4 aromatic carbocycles. The smallest absolute Gasteiger partial charge is 0.116 e. The lowest BCUT2D eigenvalue weighted by atomic mass is 9.71. The van der Waals surface area contributed by atoms with Gasteiger partial charge in [0.2, 0.25) is 0 Å². The number of aromatic hydroxyl groups is 4. The molecule has 256 valence electrons. The van der Waals surface area contributed by atoms with Crippen molar-refractivity contribution in [2.75, 3.05) is 0 Å². The Morgan fingerprint density at radius 3 is 0.521 bits per heavy atom. The summed E-state index contributed by atoms with van der Waals surface area (Å²) in [6.07, 6.45) is 2.15. The van der Waals surface area contributed by atoms with Gasteiger partial charge >= 0.3 is 0 Å². The van der Waals surface area contributed by atoms with Crippen LogP contribution in [-0.2, 0) is 47.3 Å². The topological polar surface area (TPSA) is 80.9 Å². The van der Waals surface area contributed by atoms with Crippen LogP contribution in [0.3, 0.4) is 0 Å². The molecule has 0 atom stereocenters. The van der Waals surface area contributed by atoms with Gasteiger partial charge in [0.15, 0.2) is 0 Å². The highest BCUT2D eigenvalue weighted by Crippen LogP contribution is 2.44. The van der Waals surface area contributed by atoms with Gasteiger partial charge in [0, 0.05) is 0 Å². The normalized spacial score (nSPS) is 14.2. The van der Waals surface area contributed by atoms with Crippen molar-refractivity contribution in [3.8, 4) is 23.0 Å². The number of phenolic OH excluding ortho intramolecular Hbond substituents is 4. The largest absolute Gasteiger partial charge is 0.508 e. The summed E-state index contributed by atoms with van der Waals surface area (Å²) in [5, 5.41) is 45.0. The molecule has 0 aromatic heterocycles. The van der Waals surface area contributed by atoms with Crippen LogP contribution in [0, 0.1) is 0 Å². The molecule has 0 fully saturated rings. The number of fused-ring (bicyclic) bond motifs is 8. The fourth-order valence-corrected chi connectivity index (χ4v) is 8.79. The van der Waals surface area contributed by atoms with E-state index >= 15 is 0 Å². The van der Waals surface area contributed by atoms with E-state index in [0.29, 0.717) is 25.7 Å². The molecule has 48 heavy (non-hydrogen) atoms. The summed E-state index contributed by atoms with van der Waals surface area (Å²) in [6, 6.07) is 15.1. The minimum atomic E-state index is -0.247. The van der Waals surface area contributed by atoms with E-state index in [-0.39, 0.29) is 44.7 Å². The van der Waals surface area contributed by atoms with E-state index in [9.17, 15) is 20.4 Å². The highest BCUT2D eigenvalue weighted by atomic mass is 16.3. The average Bonchev–Trinajstić information content (AvgIpc) is 2.83. The third kappa shape index (κ3) is 7.09. The molecule has 0 heterocycles. The summed E-state index contributed by atoms with van der Waals surface area (Å²) in [6.45, 7) is 26.6. The summed E-state index contributed by atoms with van der Waals surface area (Å²) in [5.41, 5.74) is 11.9. The van der Waals surface area contributed by atoms with Gasteiger partial charge in [-0.05, 0) is 163 Å². The minimum Gasteiger partial charge on any atom is -0.508 e. The number of rotatable bonds is 0. The maximum atomic E-state index is 11.3. The first-order chi connectivity index (χ1) is 21.9. The average molecular weight is 649 g/mol. The summed E-state index contributed by atoms with van der Waals surface area (Å²) in [5.74, 6) is 0.851. The fraction of sp³-hybridized carbons (Fsp3) is 0.455.